The Morgan fingerprint density at radius 2 is 1.10 bits per heavy atom. The zero-order valence-electron chi connectivity index (χ0n) is 12.6. The summed E-state index contributed by atoms with van der Waals surface area (Å²) in [5, 5.41) is 0.495. The molecule has 0 aromatic heterocycles. The van der Waals surface area contributed by atoms with Crippen LogP contribution in [0.5, 0.6) is 0 Å². The molecule has 2 rings (SSSR count). The molecule has 0 heterocycles. The first-order chi connectivity index (χ1) is 9.98. The molecule has 0 N–H and O–H groups in total. The van der Waals surface area contributed by atoms with Crippen molar-refractivity contribution < 1.29 is 4.57 Å². The van der Waals surface area contributed by atoms with Gasteiger partial charge in [-0.2, -0.15) is 0 Å². The Bertz CT molecular complexity index is 549. The van der Waals surface area contributed by atoms with Gasteiger partial charge < -0.3 is 4.57 Å². The number of hydrogen-bond acceptors (Lipinski definition) is 3. The minimum Gasteiger partial charge on any atom is -0.301 e. The summed E-state index contributed by atoms with van der Waals surface area (Å²) in [4.78, 5) is 0. The van der Waals surface area contributed by atoms with Crippen molar-refractivity contribution in [2.24, 2.45) is 0 Å². The van der Waals surface area contributed by atoms with Gasteiger partial charge in [-0.25, -0.2) is 0 Å². The molecule has 2 aromatic rings. The highest BCUT2D eigenvalue weighted by Crippen LogP contribution is 2.73. The fourth-order valence-corrected chi connectivity index (χ4v) is 11.0. The highest BCUT2D eigenvalue weighted by molar-refractivity contribution is 8.90. The first-order valence-electron chi connectivity index (χ1n) is 7.02. The zero-order valence-corrected chi connectivity index (χ0v) is 15.1. The van der Waals surface area contributed by atoms with Gasteiger partial charge in [0.25, 0.3) is 0 Å². The molecule has 4 heteroatoms. The zero-order chi connectivity index (χ0) is 15.3. The Kier molecular flexibility index (Phi) is 6.04. The summed E-state index contributed by atoms with van der Waals surface area (Å²) in [6.07, 6.45) is 0. The predicted molar refractivity (Wildman–Crippen MR) is 98.4 cm³/mol. The first kappa shape index (κ1) is 16.7. The molecule has 0 aliphatic carbocycles. The van der Waals surface area contributed by atoms with Gasteiger partial charge in [-0.3, -0.25) is 0 Å². The molecule has 1 nitrogen and oxygen atoms in total. The minimum atomic E-state index is -2.30. The lowest BCUT2D eigenvalue weighted by Gasteiger charge is -2.21. The topological polar surface area (TPSA) is 17.1 Å². The van der Waals surface area contributed by atoms with Crippen molar-refractivity contribution in [1.29, 1.82) is 0 Å². The van der Waals surface area contributed by atoms with Crippen LogP contribution in [0.4, 0.5) is 0 Å². The van der Waals surface area contributed by atoms with Crippen molar-refractivity contribution in [3.05, 3.63) is 71.8 Å². The summed E-state index contributed by atoms with van der Waals surface area (Å²) in [6.45, 7) is 6.15. The average molecular weight is 336 g/mol. The molecule has 0 aliphatic heterocycles. The molecule has 0 amide bonds. The van der Waals surface area contributed by atoms with Gasteiger partial charge in [0, 0.05) is 17.2 Å². The SMILES string of the molecule is CC(SP(C)(=O)SC(C)c1ccccc1)c1ccccc1. The van der Waals surface area contributed by atoms with E-state index in [0.717, 1.165) is 0 Å². The second-order valence-corrected chi connectivity index (χ2v) is 14.6. The average Bonchev–Trinajstić information content (AvgIpc) is 2.48. The first-order valence-corrected chi connectivity index (χ1v) is 12.1. The minimum absolute atomic E-state index is 0.248. The van der Waals surface area contributed by atoms with Crippen molar-refractivity contribution in [2.45, 2.75) is 24.3 Å². The lowest BCUT2D eigenvalue weighted by Crippen LogP contribution is -1.89. The normalized spacial score (nSPS) is 16.9. The molecule has 0 spiro atoms. The smallest absolute Gasteiger partial charge is 0.189 e. The summed E-state index contributed by atoms with van der Waals surface area (Å²) >= 11 is 3.19. The largest absolute Gasteiger partial charge is 0.301 e. The van der Waals surface area contributed by atoms with Crippen LogP contribution in [0.2, 0.25) is 0 Å². The maximum atomic E-state index is 12.9. The van der Waals surface area contributed by atoms with Gasteiger partial charge in [-0.15, -0.1) is 0 Å². The monoisotopic (exact) mass is 336 g/mol. The van der Waals surface area contributed by atoms with Crippen LogP contribution in [0, 0.1) is 0 Å². The van der Waals surface area contributed by atoms with Crippen molar-refractivity contribution in [3.63, 3.8) is 0 Å². The molecule has 2 aromatic carbocycles. The molecule has 0 radical (unpaired) electrons. The Labute approximate surface area is 135 Å². The van der Waals surface area contributed by atoms with Crippen LogP contribution in [0.25, 0.3) is 0 Å². The van der Waals surface area contributed by atoms with E-state index in [1.54, 1.807) is 22.8 Å². The highest BCUT2D eigenvalue weighted by atomic mass is 33.1. The number of rotatable bonds is 6. The molecule has 0 saturated heterocycles. The summed E-state index contributed by atoms with van der Waals surface area (Å²) in [5.74, 6) is 0. The van der Waals surface area contributed by atoms with Gasteiger partial charge in [-0.1, -0.05) is 83.4 Å². The Hall–Kier alpha value is -0.630. The van der Waals surface area contributed by atoms with E-state index in [1.165, 1.54) is 11.1 Å². The molecular weight excluding hydrogens is 315 g/mol. The Morgan fingerprint density at radius 1 is 0.762 bits per heavy atom. The molecule has 112 valence electrons. The Morgan fingerprint density at radius 3 is 1.43 bits per heavy atom. The van der Waals surface area contributed by atoms with E-state index < -0.39 is 5.55 Å². The second-order valence-electron chi connectivity index (χ2n) is 5.09. The van der Waals surface area contributed by atoms with Crippen molar-refractivity contribution in [2.75, 3.05) is 6.66 Å². The predicted octanol–water partition coefficient (Wildman–Crippen LogP) is 6.80. The van der Waals surface area contributed by atoms with Crippen molar-refractivity contribution >= 4 is 28.3 Å². The van der Waals surface area contributed by atoms with E-state index in [1.807, 2.05) is 43.1 Å². The van der Waals surface area contributed by atoms with E-state index in [2.05, 4.69) is 38.1 Å². The molecule has 2 unspecified atom stereocenters. The molecule has 0 saturated carbocycles. The molecule has 21 heavy (non-hydrogen) atoms. The third-order valence-corrected chi connectivity index (χ3v) is 10.9. The van der Waals surface area contributed by atoms with Gasteiger partial charge in [-0.05, 0) is 25.0 Å². The van der Waals surface area contributed by atoms with Crippen LogP contribution in [-0.2, 0) is 4.57 Å². The second kappa shape index (κ2) is 7.58. The summed E-state index contributed by atoms with van der Waals surface area (Å²) < 4.78 is 12.9. The van der Waals surface area contributed by atoms with E-state index in [9.17, 15) is 4.57 Å². The highest BCUT2D eigenvalue weighted by Gasteiger charge is 2.25. The molecule has 0 aliphatic rings. The Balaban J connectivity index is 2.00. The third kappa shape index (κ3) is 5.25. The lowest BCUT2D eigenvalue weighted by molar-refractivity contribution is 0.596. The van der Waals surface area contributed by atoms with Gasteiger partial charge in [0.1, 0.15) is 0 Å². The van der Waals surface area contributed by atoms with Gasteiger partial charge in [0.15, 0.2) is 5.55 Å². The van der Waals surface area contributed by atoms with E-state index in [0.29, 0.717) is 0 Å². The third-order valence-electron chi connectivity index (χ3n) is 3.24. The number of benzene rings is 2. The van der Waals surface area contributed by atoms with E-state index >= 15 is 0 Å². The summed E-state index contributed by atoms with van der Waals surface area (Å²) in [5.41, 5.74) is 0.165. The maximum absolute atomic E-state index is 12.9. The quantitative estimate of drug-likeness (QED) is 0.540. The summed E-state index contributed by atoms with van der Waals surface area (Å²) in [6, 6.07) is 20.6. The van der Waals surface area contributed by atoms with Crippen LogP contribution < -0.4 is 0 Å². The fourth-order valence-electron chi connectivity index (χ4n) is 2.17. The van der Waals surface area contributed by atoms with Gasteiger partial charge in [0.2, 0.25) is 0 Å². The van der Waals surface area contributed by atoms with Crippen LogP contribution in [0.1, 0.15) is 35.5 Å². The van der Waals surface area contributed by atoms with E-state index in [-0.39, 0.29) is 10.5 Å². The standard InChI is InChI=1S/C17H21OPS2/c1-14(16-10-6-4-7-11-16)20-19(3,18)21-15(2)17-12-8-5-9-13-17/h4-15H,1-3H3. The van der Waals surface area contributed by atoms with Crippen LogP contribution in [0.3, 0.4) is 0 Å². The van der Waals surface area contributed by atoms with E-state index in [4.69, 9.17) is 0 Å². The molecular formula is C17H21OPS2. The van der Waals surface area contributed by atoms with Crippen molar-refractivity contribution in [3.8, 4) is 0 Å². The molecule has 0 bridgehead atoms. The lowest BCUT2D eigenvalue weighted by atomic mass is 10.2. The van der Waals surface area contributed by atoms with Gasteiger partial charge in [0.05, 0.1) is 0 Å². The van der Waals surface area contributed by atoms with Gasteiger partial charge >= 0.3 is 0 Å². The summed E-state index contributed by atoms with van der Waals surface area (Å²) in [7, 11) is 0. The number of hydrogen-bond donors (Lipinski definition) is 0. The molecule has 0 fully saturated rings. The maximum Gasteiger partial charge on any atom is 0.189 e. The van der Waals surface area contributed by atoms with Crippen LogP contribution in [-0.4, -0.2) is 6.66 Å². The molecule has 2 atom stereocenters. The van der Waals surface area contributed by atoms with Crippen LogP contribution in [0.15, 0.2) is 60.7 Å². The van der Waals surface area contributed by atoms with Crippen LogP contribution >= 0.6 is 28.3 Å². The van der Waals surface area contributed by atoms with Crippen molar-refractivity contribution in [1.82, 2.24) is 0 Å². The fraction of sp³-hybridized carbons (Fsp3) is 0.294.